The Morgan fingerprint density at radius 3 is 2.85 bits per heavy atom. The van der Waals surface area contributed by atoms with E-state index in [1.54, 1.807) is 0 Å². The number of nitrogens with two attached hydrogens (primary N) is 1. The summed E-state index contributed by atoms with van der Waals surface area (Å²) in [5.41, 5.74) is 7.44. The standard InChI is InChI=1S/C17H21ClN4O3S/c18-12-5-3-11(4-6-12)8-14(19)16-20-21-17(26-10-15(23)24)22(16)9-13-2-1-7-25-13/h3-6,13-14H,1-2,7-10,19H2,(H,23,24). The van der Waals surface area contributed by atoms with Gasteiger partial charge in [0.25, 0.3) is 0 Å². The molecule has 26 heavy (non-hydrogen) atoms. The monoisotopic (exact) mass is 396 g/mol. The molecule has 1 aliphatic heterocycles. The van der Waals surface area contributed by atoms with Crippen molar-refractivity contribution in [1.29, 1.82) is 0 Å². The van der Waals surface area contributed by atoms with Crippen LogP contribution < -0.4 is 5.73 Å². The van der Waals surface area contributed by atoms with Gasteiger partial charge in [0, 0.05) is 11.6 Å². The fourth-order valence-electron chi connectivity index (χ4n) is 2.94. The van der Waals surface area contributed by atoms with E-state index < -0.39 is 5.97 Å². The van der Waals surface area contributed by atoms with E-state index in [-0.39, 0.29) is 17.9 Å². The molecular formula is C17H21ClN4O3S. The minimum atomic E-state index is -0.895. The number of carbonyl (C=O) groups is 1. The van der Waals surface area contributed by atoms with Gasteiger partial charge in [-0.25, -0.2) is 0 Å². The normalized spacial score (nSPS) is 18.2. The number of rotatable bonds is 8. The van der Waals surface area contributed by atoms with Gasteiger partial charge in [0.2, 0.25) is 0 Å². The Hall–Kier alpha value is -1.61. The predicted molar refractivity (Wildman–Crippen MR) is 99.4 cm³/mol. The molecule has 1 aromatic carbocycles. The molecule has 1 saturated heterocycles. The number of thioether (sulfide) groups is 1. The fourth-order valence-corrected chi connectivity index (χ4v) is 3.74. The van der Waals surface area contributed by atoms with E-state index in [9.17, 15) is 4.79 Å². The average Bonchev–Trinajstić information content (AvgIpc) is 3.25. The number of hydrogen-bond acceptors (Lipinski definition) is 6. The minimum absolute atomic E-state index is 0.0733. The smallest absolute Gasteiger partial charge is 0.313 e. The predicted octanol–water partition coefficient (Wildman–Crippen LogP) is 2.53. The maximum absolute atomic E-state index is 10.9. The summed E-state index contributed by atoms with van der Waals surface area (Å²) in [6.07, 6.45) is 2.66. The lowest BCUT2D eigenvalue weighted by Gasteiger charge is -2.17. The molecule has 140 valence electrons. The maximum Gasteiger partial charge on any atom is 0.313 e. The quantitative estimate of drug-likeness (QED) is 0.660. The van der Waals surface area contributed by atoms with Gasteiger partial charge >= 0.3 is 5.97 Å². The van der Waals surface area contributed by atoms with E-state index in [1.165, 1.54) is 0 Å². The topological polar surface area (TPSA) is 103 Å². The first-order valence-electron chi connectivity index (χ1n) is 8.42. The molecule has 0 radical (unpaired) electrons. The van der Waals surface area contributed by atoms with E-state index in [2.05, 4.69) is 10.2 Å². The average molecular weight is 397 g/mol. The van der Waals surface area contributed by atoms with Crippen molar-refractivity contribution in [2.45, 2.75) is 43.1 Å². The zero-order valence-corrected chi connectivity index (χ0v) is 15.7. The van der Waals surface area contributed by atoms with Gasteiger partial charge in [0.05, 0.1) is 24.4 Å². The summed E-state index contributed by atoms with van der Waals surface area (Å²) in [7, 11) is 0. The van der Waals surface area contributed by atoms with Crippen LogP contribution in [0.5, 0.6) is 0 Å². The van der Waals surface area contributed by atoms with Gasteiger partial charge in [-0.2, -0.15) is 0 Å². The van der Waals surface area contributed by atoms with Gasteiger partial charge in [0.15, 0.2) is 11.0 Å². The van der Waals surface area contributed by atoms with Crippen LogP contribution in [-0.2, 0) is 22.5 Å². The summed E-state index contributed by atoms with van der Waals surface area (Å²) in [5, 5.41) is 18.6. The van der Waals surface area contributed by atoms with E-state index in [0.29, 0.717) is 29.0 Å². The molecule has 3 N–H and O–H groups in total. The molecule has 0 amide bonds. The molecule has 2 atom stereocenters. The maximum atomic E-state index is 10.9. The Bertz CT molecular complexity index is 747. The summed E-state index contributed by atoms with van der Waals surface area (Å²) >= 11 is 7.07. The van der Waals surface area contributed by atoms with Crippen LogP contribution in [0, 0.1) is 0 Å². The van der Waals surface area contributed by atoms with Crippen LogP contribution in [0.4, 0.5) is 0 Å². The first-order valence-corrected chi connectivity index (χ1v) is 9.78. The zero-order chi connectivity index (χ0) is 18.5. The van der Waals surface area contributed by atoms with Crippen molar-refractivity contribution >= 4 is 29.3 Å². The highest BCUT2D eigenvalue weighted by atomic mass is 35.5. The lowest BCUT2D eigenvalue weighted by Crippen LogP contribution is -2.23. The number of benzene rings is 1. The van der Waals surface area contributed by atoms with E-state index in [1.807, 2.05) is 28.8 Å². The molecule has 1 fully saturated rings. The second-order valence-corrected chi connectivity index (χ2v) is 7.58. The Kier molecular flexibility index (Phi) is 6.53. The number of halogens is 1. The number of carboxylic acids is 1. The van der Waals surface area contributed by atoms with Crippen molar-refractivity contribution in [2.75, 3.05) is 12.4 Å². The number of aromatic nitrogens is 3. The first kappa shape index (κ1) is 19.2. The van der Waals surface area contributed by atoms with Gasteiger partial charge in [0.1, 0.15) is 0 Å². The number of carboxylic acid groups (broad SMARTS) is 1. The van der Waals surface area contributed by atoms with Gasteiger partial charge in [-0.15, -0.1) is 10.2 Å². The van der Waals surface area contributed by atoms with Crippen LogP contribution in [0.15, 0.2) is 29.4 Å². The van der Waals surface area contributed by atoms with Crippen molar-refractivity contribution in [3.8, 4) is 0 Å². The van der Waals surface area contributed by atoms with E-state index in [4.69, 9.17) is 27.2 Å². The molecule has 0 bridgehead atoms. The Labute approximate surface area is 160 Å². The molecule has 7 nitrogen and oxygen atoms in total. The Balaban J connectivity index is 1.79. The van der Waals surface area contributed by atoms with E-state index in [0.717, 1.165) is 36.8 Å². The van der Waals surface area contributed by atoms with Crippen LogP contribution in [0.1, 0.15) is 30.3 Å². The van der Waals surface area contributed by atoms with Crippen molar-refractivity contribution in [3.05, 3.63) is 40.7 Å². The van der Waals surface area contributed by atoms with Crippen molar-refractivity contribution in [2.24, 2.45) is 5.73 Å². The lowest BCUT2D eigenvalue weighted by atomic mass is 10.1. The van der Waals surface area contributed by atoms with Crippen LogP contribution in [0.3, 0.4) is 0 Å². The van der Waals surface area contributed by atoms with Crippen LogP contribution in [0.25, 0.3) is 0 Å². The van der Waals surface area contributed by atoms with Gasteiger partial charge in [-0.05, 0) is 37.0 Å². The minimum Gasteiger partial charge on any atom is -0.481 e. The van der Waals surface area contributed by atoms with E-state index >= 15 is 0 Å². The number of hydrogen-bond donors (Lipinski definition) is 2. The molecule has 3 rings (SSSR count). The van der Waals surface area contributed by atoms with Gasteiger partial charge in [-0.1, -0.05) is 35.5 Å². The summed E-state index contributed by atoms with van der Waals surface area (Å²) in [6.45, 7) is 1.33. The molecule has 9 heteroatoms. The van der Waals surface area contributed by atoms with Crippen molar-refractivity contribution < 1.29 is 14.6 Å². The lowest BCUT2D eigenvalue weighted by molar-refractivity contribution is -0.133. The molecule has 0 spiro atoms. The van der Waals surface area contributed by atoms with Gasteiger partial charge in [-0.3, -0.25) is 4.79 Å². The third-order valence-electron chi connectivity index (χ3n) is 4.18. The molecule has 2 aromatic rings. The molecular weight excluding hydrogens is 376 g/mol. The largest absolute Gasteiger partial charge is 0.481 e. The van der Waals surface area contributed by atoms with Crippen LogP contribution in [0.2, 0.25) is 5.02 Å². The summed E-state index contributed by atoms with van der Waals surface area (Å²) in [4.78, 5) is 10.9. The highest BCUT2D eigenvalue weighted by Gasteiger charge is 2.24. The number of nitrogens with zero attached hydrogens (tertiary/aromatic N) is 3. The highest BCUT2D eigenvalue weighted by Crippen LogP contribution is 2.25. The molecule has 2 heterocycles. The Morgan fingerprint density at radius 2 is 2.19 bits per heavy atom. The molecule has 1 aliphatic rings. The van der Waals surface area contributed by atoms with Crippen molar-refractivity contribution in [3.63, 3.8) is 0 Å². The molecule has 0 aliphatic carbocycles. The second kappa shape index (κ2) is 8.85. The zero-order valence-electron chi connectivity index (χ0n) is 14.2. The summed E-state index contributed by atoms with van der Waals surface area (Å²) in [6, 6.07) is 7.17. The molecule has 0 saturated carbocycles. The van der Waals surface area contributed by atoms with Crippen molar-refractivity contribution in [1.82, 2.24) is 14.8 Å². The fraction of sp³-hybridized carbons (Fsp3) is 0.471. The number of aliphatic carboxylic acids is 1. The highest BCUT2D eigenvalue weighted by molar-refractivity contribution is 7.99. The molecule has 2 unspecified atom stereocenters. The first-order chi connectivity index (χ1) is 12.5. The summed E-state index contributed by atoms with van der Waals surface area (Å²) in [5.74, 6) is -0.326. The third-order valence-corrected chi connectivity index (χ3v) is 5.38. The van der Waals surface area contributed by atoms with Crippen LogP contribution >= 0.6 is 23.4 Å². The Morgan fingerprint density at radius 1 is 1.42 bits per heavy atom. The summed E-state index contributed by atoms with van der Waals surface area (Å²) < 4.78 is 7.62. The molecule has 1 aromatic heterocycles. The van der Waals surface area contributed by atoms with Gasteiger partial charge < -0.3 is 20.1 Å². The second-order valence-electron chi connectivity index (χ2n) is 6.21. The third kappa shape index (κ3) is 4.97. The number of ether oxygens (including phenoxy) is 1. The SMILES string of the molecule is NC(Cc1ccc(Cl)cc1)c1nnc(SCC(=O)O)n1CC1CCCO1. The van der Waals surface area contributed by atoms with Crippen LogP contribution in [-0.4, -0.2) is 44.3 Å².